The molecule has 63 heavy (non-hydrogen) atoms. The van der Waals surface area contributed by atoms with Gasteiger partial charge in [0, 0.05) is 26.3 Å². The van der Waals surface area contributed by atoms with Gasteiger partial charge in [-0.2, -0.15) is 0 Å². The molecule has 0 fully saturated rings. The summed E-state index contributed by atoms with van der Waals surface area (Å²) in [5.74, 6) is 0. The molecular formula is C61H40IrN-. The van der Waals surface area contributed by atoms with Crippen LogP contribution in [0.15, 0.2) is 243 Å². The Balaban J connectivity index is 0.000000208. The Kier molecular flexibility index (Phi) is 11.0. The average molecular weight is 979 g/mol. The summed E-state index contributed by atoms with van der Waals surface area (Å²) in [5.41, 5.74) is 11.8. The molecule has 12 rings (SSSR count). The van der Waals surface area contributed by atoms with Crippen molar-refractivity contribution >= 4 is 53.9 Å². The molecule has 0 saturated carbocycles. The maximum atomic E-state index is 4.35. The fourth-order valence-electron chi connectivity index (χ4n) is 9.10. The minimum Gasteiger partial charge on any atom is -0.305 e. The van der Waals surface area contributed by atoms with Crippen molar-refractivity contribution in [1.82, 2.24) is 4.98 Å². The molecule has 1 radical (unpaired) electrons. The van der Waals surface area contributed by atoms with Crippen LogP contribution in [0, 0.1) is 6.07 Å². The van der Waals surface area contributed by atoms with Crippen molar-refractivity contribution in [3.8, 4) is 55.8 Å². The Labute approximate surface area is 381 Å². The van der Waals surface area contributed by atoms with E-state index in [1.807, 2.05) is 42.5 Å². The Hall–Kier alpha value is -7.48. The van der Waals surface area contributed by atoms with Crippen molar-refractivity contribution in [3.63, 3.8) is 0 Å². The van der Waals surface area contributed by atoms with Gasteiger partial charge in [-0.3, -0.25) is 0 Å². The zero-order valence-corrected chi connectivity index (χ0v) is 36.8. The standard InChI is InChI=1S/C44H28.C17H12N.Ir/c1-4-16-35-29(12-1)15-11-23-38(35)32-24-33(43-27-30-13-2-5-17-36(30)39-19-7-9-21-41(39)43)26-34(25-32)44-28-31-14-3-6-18-37(31)40-20-8-10-22-42(40)44;1-2-7-14(8-3-1)15-9-6-10-16(13-15)17-11-4-5-12-18-17;/h1-28H;1-9,11-13H;/q;-1;. The maximum absolute atomic E-state index is 4.35. The van der Waals surface area contributed by atoms with Gasteiger partial charge < -0.3 is 4.98 Å². The second-order valence-electron chi connectivity index (χ2n) is 15.8. The Morgan fingerprint density at radius 3 is 1.35 bits per heavy atom. The van der Waals surface area contributed by atoms with Crippen molar-refractivity contribution in [2.75, 3.05) is 0 Å². The number of rotatable bonds is 5. The van der Waals surface area contributed by atoms with Gasteiger partial charge in [-0.1, -0.05) is 182 Å². The number of hydrogen-bond acceptors (Lipinski definition) is 1. The monoisotopic (exact) mass is 979 g/mol. The van der Waals surface area contributed by atoms with Crippen LogP contribution in [0.5, 0.6) is 0 Å². The Bertz CT molecular complexity index is 3380. The predicted octanol–water partition coefficient (Wildman–Crippen LogP) is 16.7. The van der Waals surface area contributed by atoms with Crippen molar-refractivity contribution in [3.05, 3.63) is 249 Å². The average Bonchev–Trinajstić information content (AvgIpc) is 3.36. The third kappa shape index (κ3) is 7.73. The second kappa shape index (κ2) is 17.5. The molecule has 1 aromatic heterocycles. The number of fused-ring (bicyclic) bond motifs is 7. The summed E-state index contributed by atoms with van der Waals surface area (Å²) in [6.45, 7) is 0. The number of hydrogen-bond donors (Lipinski definition) is 0. The maximum Gasteiger partial charge on any atom is 0.0160 e. The molecule has 1 heterocycles. The van der Waals surface area contributed by atoms with Crippen LogP contribution in [-0.2, 0) is 20.1 Å². The normalized spacial score (nSPS) is 11.0. The van der Waals surface area contributed by atoms with E-state index in [0.29, 0.717) is 0 Å². The van der Waals surface area contributed by atoms with Crippen molar-refractivity contribution < 1.29 is 20.1 Å². The molecule has 12 aromatic rings. The van der Waals surface area contributed by atoms with Crippen LogP contribution in [0.4, 0.5) is 0 Å². The fraction of sp³-hybridized carbons (Fsp3) is 0. The Morgan fingerprint density at radius 1 is 0.286 bits per heavy atom. The van der Waals surface area contributed by atoms with E-state index < -0.39 is 0 Å². The molecule has 0 unspecified atom stereocenters. The largest absolute Gasteiger partial charge is 0.305 e. The van der Waals surface area contributed by atoms with Crippen molar-refractivity contribution in [2.45, 2.75) is 0 Å². The van der Waals surface area contributed by atoms with E-state index in [0.717, 1.165) is 11.3 Å². The van der Waals surface area contributed by atoms with Crippen molar-refractivity contribution in [1.29, 1.82) is 0 Å². The third-order valence-electron chi connectivity index (χ3n) is 12.0. The molecule has 0 bridgehead atoms. The summed E-state index contributed by atoms with van der Waals surface area (Å²) >= 11 is 0. The van der Waals surface area contributed by atoms with E-state index in [2.05, 4.69) is 205 Å². The summed E-state index contributed by atoms with van der Waals surface area (Å²) in [6, 6.07) is 88.1. The van der Waals surface area contributed by atoms with Crippen LogP contribution in [0.2, 0.25) is 0 Å². The molecule has 0 N–H and O–H groups in total. The summed E-state index contributed by atoms with van der Waals surface area (Å²) < 4.78 is 0. The molecule has 0 aliphatic carbocycles. The van der Waals surface area contributed by atoms with Gasteiger partial charge in [-0.25, -0.2) is 0 Å². The van der Waals surface area contributed by atoms with Gasteiger partial charge in [-0.05, 0) is 135 Å². The number of pyridine rings is 1. The minimum atomic E-state index is 0. The summed E-state index contributed by atoms with van der Waals surface area (Å²) in [4.78, 5) is 4.35. The van der Waals surface area contributed by atoms with Crippen LogP contribution in [0.1, 0.15) is 0 Å². The van der Waals surface area contributed by atoms with Crippen LogP contribution < -0.4 is 0 Å². The molecule has 0 saturated heterocycles. The first-order chi connectivity index (χ1) is 30.7. The first kappa shape index (κ1) is 39.6. The summed E-state index contributed by atoms with van der Waals surface area (Å²) in [7, 11) is 0. The summed E-state index contributed by atoms with van der Waals surface area (Å²) in [5, 5.41) is 12.7. The molecular weight excluding hydrogens is 939 g/mol. The quantitative estimate of drug-likeness (QED) is 0.124. The molecule has 2 heteroatoms. The number of aromatic nitrogens is 1. The number of nitrogens with zero attached hydrogens (tertiary/aromatic N) is 1. The van der Waals surface area contributed by atoms with Gasteiger partial charge in [0.15, 0.2) is 0 Å². The van der Waals surface area contributed by atoms with E-state index in [1.165, 1.54) is 98.4 Å². The first-order valence-electron chi connectivity index (χ1n) is 21.2. The van der Waals surface area contributed by atoms with Gasteiger partial charge in [0.2, 0.25) is 0 Å². The van der Waals surface area contributed by atoms with E-state index in [1.54, 1.807) is 6.20 Å². The smallest absolute Gasteiger partial charge is 0.0160 e. The molecule has 1 nitrogen and oxygen atoms in total. The molecule has 0 aliphatic rings. The van der Waals surface area contributed by atoms with Crippen LogP contribution in [0.3, 0.4) is 0 Å². The molecule has 0 amide bonds. The van der Waals surface area contributed by atoms with Crippen LogP contribution in [-0.4, -0.2) is 4.98 Å². The van der Waals surface area contributed by atoms with Crippen molar-refractivity contribution in [2.24, 2.45) is 0 Å². The SMILES string of the molecule is [Ir].[c-]1ccc(-c2ccccc2)cc1-c1ccccn1.c1ccc2c(-c3cc(-c4cc5ccccc5c5ccccc45)cc(-c4cc5ccccc5c5ccccc45)c3)cccc2c1. The van der Waals surface area contributed by atoms with Crippen LogP contribution in [0.25, 0.3) is 110 Å². The minimum absolute atomic E-state index is 0. The van der Waals surface area contributed by atoms with Crippen LogP contribution >= 0.6 is 0 Å². The van der Waals surface area contributed by atoms with Gasteiger partial charge in [0.05, 0.1) is 0 Å². The van der Waals surface area contributed by atoms with E-state index in [4.69, 9.17) is 0 Å². The van der Waals surface area contributed by atoms with Gasteiger partial charge >= 0.3 is 0 Å². The third-order valence-corrected chi connectivity index (χ3v) is 12.0. The van der Waals surface area contributed by atoms with Gasteiger partial charge in [-0.15, -0.1) is 35.4 Å². The molecule has 0 aliphatic heterocycles. The van der Waals surface area contributed by atoms with E-state index in [9.17, 15) is 0 Å². The predicted molar refractivity (Wildman–Crippen MR) is 264 cm³/mol. The summed E-state index contributed by atoms with van der Waals surface area (Å²) in [6.07, 6.45) is 1.80. The van der Waals surface area contributed by atoms with E-state index in [-0.39, 0.29) is 20.1 Å². The topological polar surface area (TPSA) is 12.9 Å². The zero-order chi connectivity index (χ0) is 41.2. The van der Waals surface area contributed by atoms with Gasteiger partial charge in [0.25, 0.3) is 0 Å². The fourth-order valence-corrected chi connectivity index (χ4v) is 9.10. The Morgan fingerprint density at radius 2 is 0.762 bits per heavy atom. The zero-order valence-electron chi connectivity index (χ0n) is 34.4. The molecule has 0 atom stereocenters. The molecule has 0 spiro atoms. The van der Waals surface area contributed by atoms with Gasteiger partial charge in [0.1, 0.15) is 0 Å². The molecule has 11 aromatic carbocycles. The second-order valence-corrected chi connectivity index (χ2v) is 15.8. The number of benzene rings is 11. The van der Waals surface area contributed by atoms with E-state index >= 15 is 0 Å². The molecule has 299 valence electrons. The first-order valence-corrected chi connectivity index (χ1v) is 21.2.